The lowest BCUT2D eigenvalue weighted by molar-refractivity contribution is -0.384. The first-order valence-corrected chi connectivity index (χ1v) is 6.61. The van der Waals surface area contributed by atoms with Crippen molar-refractivity contribution in [3.05, 3.63) is 33.3 Å². The van der Waals surface area contributed by atoms with Crippen molar-refractivity contribution < 1.29 is 4.92 Å². The molecule has 0 saturated heterocycles. The summed E-state index contributed by atoms with van der Waals surface area (Å²) in [7, 11) is 1.90. The number of hydrogen-bond donors (Lipinski definition) is 1. The molecule has 6 heteroatoms. The van der Waals surface area contributed by atoms with Crippen molar-refractivity contribution in [1.82, 2.24) is 0 Å². The fourth-order valence-electron chi connectivity index (χ4n) is 1.72. The Bertz CT molecular complexity index is 452. The van der Waals surface area contributed by atoms with Crippen LogP contribution in [0.1, 0.15) is 20.3 Å². The van der Waals surface area contributed by atoms with E-state index in [1.807, 2.05) is 11.9 Å². The van der Waals surface area contributed by atoms with E-state index < -0.39 is 4.92 Å². The first-order valence-electron chi connectivity index (χ1n) is 6.23. The molecule has 0 fully saturated rings. The zero-order valence-corrected chi connectivity index (χ0v) is 12.2. The van der Waals surface area contributed by atoms with Gasteiger partial charge in [0.15, 0.2) is 0 Å². The molecule has 1 rings (SSSR count). The normalized spacial score (nSPS) is 12.5. The predicted octanol–water partition coefficient (Wildman–Crippen LogP) is 3.06. The average Bonchev–Trinajstić information content (AvgIpc) is 2.34. The highest BCUT2D eigenvalue weighted by atomic mass is 35.5. The predicted molar refractivity (Wildman–Crippen MR) is 78.8 cm³/mol. The van der Waals surface area contributed by atoms with E-state index in [4.69, 9.17) is 17.3 Å². The van der Waals surface area contributed by atoms with Gasteiger partial charge >= 0.3 is 0 Å². The molecule has 1 atom stereocenters. The molecule has 106 valence electrons. The third-order valence-electron chi connectivity index (χ3n) is 3.21. The van der Waals surface area contributed by atoms with Crippen LogP contribution in [0.2, 0.25) is 5.02 Å². The molecule has 5 nitrogen and oxygen atoms in total. The lowest BCUT2D eigenvalue weighted by Crippen LogP contribution is -2.31. The van der Waals surface area contributed by atoms with Gasteiger partial charge in [0.25, 0.3) is 5.69 Å². The number of nitrogens with zero attached hydrogens (tertiary/aromatic N) is 2. The first kappa shape index (κ1) is 15.7. The minimum Gasteiger partial charge on any atom is -0.373 e. The van der Waals surface area contributed by atoms with E-state index in [1.165, 1.54) is 12.1 Å². The molecule has 0 saturated carbocycles. The second-order valence-electron chi connectivity index (χ2n) is 5.01. The lowest BCUT2D eigenvalue weighted by Gasteiger charge is -2.23. The summed E-state index contributed by atoms with van der Waals surface area (Å²) >= 11 is 6.07. The molecule has 0 heterocycles. The average molecular weight is 286 g/mol. The number of nitro groups is 1. The van der Waals surface area contributed by atoms with Crippen LogP contribution in [0.15, 0.2) is 18.2 Å². The Balaban J connectivity index is 2.72. The van der Waals surface area contributed by atoms with Crippen molar-refractivity contribution in [3.63, 3.8) is 0 Å². The largest absolute Gasteiger partial charge is 0.373 e. The highest BCUT2D eigenvalue weighted by molar-refractivity contribution is 6.33. The molecule has 0 aliphatic rings. The topological polar surface area (TPSA) is 72.4 Å². The number of hydrogen-bond acceptors (Lipinski definition) is 4. The summed E-state index contributed by atoms with van der Waals surface area (Å²) in [5, 5.41) is 11.0. The minimum absolute atomic E-state index is 0.000955. The molecule has 19 heavy (non-hydrogen) atoms. The quantitative estimate of drug-likeness (QED) is 0.644. The number of non-ortho nitro benzene ring substituents is 1. The van der Waals surface area contributed by atoms with Crippen LogP contribution in [0.5, 0.6) is 0 Å². The van der Waals surface area contributed by atoms with Gasteiger partial charge in [0.2, 0.25) is 0 Å². The first-order chi connectivity index (χ1) is 8.82. The number of rotatable bonds is 6. The maximum atomic E-state index is 10.6. The molecule has 0 amide bonds. The molecular formula is C13H20ClN3O2. The third kappa shape index (κ3) is 4.36. The van der Waals surface area contributed by atoms with E-state index in [2.05, 4.69) is 13.8 Å². The van der Waals surface area contributed by atoms with E-state index in [0.717, 1.165) is 18.7 Å². The van der Waals surface area contributed by atoms with Gasteiger partial charge in [-0.3, -0.25) is 10.1 Å². The third-order valence-corrected chi connectivity index (χ3v) is 3.51. The monoisotopic (exact) mass is 285 g/mol. The fourth-order valence-corrected chi connectivity index (χ4v) is 2.03. The van der Waals surface area contributed by atoms with E-state index in [9.17, 15) is 10.1 Å². The molecule has 0 aromatic heterocycles. The van der Waals surface area contributed by atoms with E-state index in [1.54, 1.807) is 6.07 Å². The molecule has 0 spiro atoms. The van der Waals surface area contributed by atoms with E-state index in [0.29, 0.717) is 10.9 Å². The van der Waals surface area contributed by atoms with Gasteiger partial charge in [0, 0.05) is 31.8 Å². The summed E-state index contributed by atoms with van der Waals surface area (Å²) in [4.78, 5) is 12.2. The van der Waals surface area contributed by atoms with Crippen molar-refractivity contribution in [2.75, 3.05) is 18.5 Å². The van der Waals surface area contributed by atoms with Crippen LogP contribution in [0.4, 0.5) is 11.4 Å². The molecule has 0 bridgehead atoms. The number of anilines is 1. The van der Waals surface area contributed by atoms with E-state index in [-0.39, 0.29) is 11.7 Å². The summed E-state index contributed by atoms with van der Waals surface area (Å²) in [5.74, 6) is 0.431. The second kappa shape index (κ2) is 6.73. The molecule has 1 aromatic rings. The smallest absolute Gasteiger partial charge is 0.271 e. The number of halogens is 1. The van der Waals surface area contributed by atoms with Crippen LogP contribution < -0.4 is 10.6 Å². The summed E-state index contributed by atoms with van der Waals surface area (Å²) in [6.07, 6.45) is 0.849. The van der Waals surface area contributed by atoms with E-state index >= 15 is 0 Å². The van der Waals surface area contributed by atoms with Crippen LogP contribution in [0.25, 0.3) is 0 Å². The Kier molecular flexibility index (Phi) is 5.57. The van der Waals surface area contributed by atoms with Gasteiger partial charge in [-0.1, -0.05) is 25.4 Å². The Morgan fingerprint density at radius 3 is 2.58 bits per heavy atom. The van der Waals surface area contributed by atoms with Gasteiger partial charge in [0.05, 0.1) is 15.6 Å². The van der Waals surface area contributed by atoms with Gasteiger partial charge in [0.1, 0.15) is 0 Å². The summed E-state index contributed by atoms with van der Waals surface area (Å²) in [6, 6.07) is 4.64. The Hall–Kier alpha value is -1.33. The van der Waals surface area contributed by atoms with Crippen LogP contribution in [-0.4, -0.2) is 24.6 Å². The zero-order chi connectivity index (χ0) is 14.6. The van der Waals surface area contributed by atoms with Crippen LogP contribution in [0.3, 0.4) is 0 Å². The highest BCUT2D eigenvalue weighted by Crippen LogP contribution is 2.29. The molecule has 0 aliphatic heterocycles. The van der Waals surface area contributed by atoms with Gasteiger partial charge in [-0.05, 0) is 18.4 Å². The maximum absolute atomic E-state index is 10.6. The molecule has 1 unspecified atom stereocenters. The van der Waals surface area contributed by atoms with Crippen molar-refractivity contribution in [1.29, 1.82) is 0 Å². The van der Waals surface area contributed by atoms with Crippen LogP contribution in [0, 0.1) is 16.0 Å². The minimum atomic E-state index is -0.454. The van der Waals surface area contributed by atoms with Gasteiger partial charge < -0.3 is 10.6 Å². The van der Waals surface area contributed by atoms with Crippen LogP contribution >= 0.6 is 11.6 Å². The number of nitrogens with two attached hydrogens (primary N) is 1. The highest BCUT2D eigenvalue weighted by Gasteiger charge is 2.14. The lowest BCUT2D eigenvalue weighted by atomic mass is 10.0. The van der Waals surface area contributed by atoms with Crippen molar-refractivity contribution in [2.24, 2.45) is 11.7 Å². The molecular weight excluding hydrogens is 266 g/mol. The van der Waals surface area contributed by atoms with Crippen molar-refractivity contribution in [2.45, 2.75) is 26.3 Å². The van der Waals surface area contributed by atoms with Crippen molar-refractivity contribution in [3.8, 4) is 0 Å². The number of benzene rings is 1. The fraction of sp³-hybridized carbons (Fsp3) is 0.538. The maximum Gasteiger partial charge on any atom is 0.271 e. The summed E-state index contributed by atoms with van der Waals surface area (Å²) in [6.45, 7) is 4.93. The van der Waals surface area contributed by atoms with Gasteiger partial charge in [-0.2, -0.15) is 0 Å². The van der Waals surface area contributed by atoms with Crippen LogP contribution in [-0.2, 0) is 0 Å². The second-order valence-corrected chi connectivity index (χ2v) is 5.42. The Labute approximate surface area is 118 Å². The zero-order valence-electron chi connectivity index (χ0n) is 11.5. The summed E-state index contributed by atoms with van der Waals surface area (Å²) < 4.78 is 0. The molecule has 0 aliphatic carbocycles. The Morgan fingerprint density at radius 1 is 1.47 bits per heavy atom. The van der Waals surface area contributed by atoms with Gasteiger partial charge in [-0.25, -0.2) is 0 Å². The molecule has 1 aromatic carbocycles. The number of nitro benzene ring substituents is 1. The van der Waals surface area contributed by atoms with Gasteiger partial charge in [-0.15, -0.1) is 0 Å². The standard InChI is InChI=1S/C13H20ClN3O2/c1-9(2)12(15)6-7-16(3)13-5-4-10(17(18)19)8-11(13)14/h4-5,8-9,12H,6-7,15H2,1-3H3. The van der Waals surface area contributed by atoms with Crippen molar-refractivity contribution >= 4 is 23.0 Å². The Morgan fingerprint density at radius 2 is 2.11 bits per heavy atom. The summed E-state index contributed by atoms with van der Waals surface area (Å²) in [5.41, 5.74) is 6.78. The molecule has 0 radical (unpaired) electrons. The SMILES string of the molecule is CC(C)C(N)CCN(C)c1ccc([N+](=O)[O-])cc1Cl. The molecule has 2 N–H and O–H groups in total.